The Balaban J connectivity index is 0.000000226. The fourth-order valence-corrected chi connectivity index (χ4v) is 0.738. The van der Waals surface area contributed by atoms with E-state index in [4.69, 9.17) is 16.2 Å². The van der Waals surface area contributed by atoms with Gasteiger partial charge in [0, 0.05) is 0 Å². The first kappa shape index (κ1) is 14.8. The molecule has 0 spiro atoms. The minimum atomic E-state index is 0.583. The molecule has 2 heterocycles. The summed E-state index contributed by atoms with van der Waals surface area (Å²) >= 11 is 0. The van der Waals surface area contributed by atoms with E-state index in [2.05, 4.69) is 11.7 Å². The van der Waals surface area contributed by atoms with Crippen LogP contribution >= 0.6 is 0 Å². The molecule has 0 aromatic carbocycles. The SMILES string of the molecule is C1CO1.CC1CO1.NCCCCCCN. The highest BCUT2D eigenvalue weighted by atomic mass is 16.6. The topological polar surface area (TPSA) is 77.1 Å². The summed E-state index contributed by atoms with van der Waals surface area (Å²) in [4.78, 5) is 0. The summed E-state index contributed by atoms with van der Waals surface area (Å²) in [5, 5.41) is 0. The fraction of sp³-hybridized carbons (Fsp3) is 1.00. The van der Waals surface area contributed by atoms with Crippen molar-refractivity contribution in [3.8, 4) is 0 Å². The second-order valence-electron chi connectivity index (χ2n) is 3.75. The van der Waals surface area contributed by atoms with Crippen LogP contribution in [-0.2, 0) is 9.47 Å². The second kappa shape index (κ2) is 11.9. The van der Waals surface area contributed by atoms with Crippen LogP contribution < -0.4 is 11.5 Å². The van der Waals surface area contributed by atoms with E-state index in [1.54, 1.807) is 0 Å². The van der Waals surface area contributed by atoms with Crippen molar-refractivity contribution < 1.29 is 9.47 Å². The van der Waals surface area contributed by atoms with Crippen LogP contribution in [-0.4, -0.2) is 39.0 Å². The maximum Gasteiger partial charge on any atom is 0.0781 e. The van der Waals surface area contributed by atoms with Crippen molar-refractivity contribution in [1.82, 2.24) is 0 Å². The standard InChI is InChI=1S/C6H16N2.C3H6O.C2H4O/c7-5-3-1-2-4-6-8;1-3-2-4-3;1-2-3-1/h1-8H2;3H,2H2,1H3;1-2H2. The minimum absolute atomic E-state index is 0.583. The van der Waals surface area contributed by atoms with Gasteiger partial charge in [-0.3, -0.25) is 0 Å². The van der Waals surface area contributed by atoms with Crippen LogP contribution in [0.25, 0.3) is 0 Å². The van der Waals surface area contributed by atoms with Gasteiger partial charge in [-0.2, -0.15) is 0 Å². The Morgan fingerprint density at radius 2 is 1.33 bits per heavy atom. The number of nitrogens with two attached hydrogens (primary N) is 2. The number of epoxide rings is 2. The first-order valence-corrected chi connectivity index (χ1v) is 5.90. The zero-order chi connectivity index (χ0) is 11.4. The Kier molecular flexibility index (Phi) is 11.8. The number of unbranched alkanes of at least 4 members (excludes halogenated alkanes) is 3. The van der Waals surface area contributed by atoms with Gasteiger partial charge >= 0.3 is 0 Å². The van der Waals surface area contributed by atoms with Crippen molar-refractivity contribution in [2.24, 2.45) is 11.5 Å². The van der Waals surface area contributed by atoms with Gasteiger partial charge < -0.3 is 20.9 Å². The Labute approximate surface area is 93.3 Å². The second-order valence-corrected chi connectivity index (χ2v) is 3.75. The normalized spacial score (nSPS) is 20.6. The largest absolute Gasteiger partial charge is 0.377 e. The van der Waals surface area contributed by atoms with Gasteiger partial charge in [0.15, 0.2) is 0 Å². The first-order chi connectivity index (χ1) is 7.31. The van der Waals surface area contributed by atoms with Crippen LogP contribution in [0.1, 0.15) is 32.6 Å². The van der Waals surface area contributed by atoms with Gasteiger partial charge in [0.1, 0.15) is 0 Å². The van der Waals surface area contributed by atoms with E-state index >= 15 is 0 Å². The van der Waals surface area contributed by atoms with E-state index in [0.29, 0.717) is 6.10 Å². The molecule has 0 radical (unpaired) electrons. The van der Waals surface area contributed by atoms with Crippen LogP contribution in [0.3, 0.4) is 0 Å². The molecule has 1 atom stereocenters. The fourth-order valence-electron chi connectivity index (χ4n) is 0.738. The maximum absolute atomic E-state index is 5.28. The first-order valence-electron chi connectivity index (χ1n) is 5.90. The van der Waals surface area contributed by atoms with Crippen molar-refractivity contribution in [3.05, 3.63) is 0 Å². The summed E-state index contributed by atoms with van der Waals surface area (Å²) in [6.07, 6.45) is 5.38. The van der Waals surface area contributed by atoms with Crippen molar-refractivity contribution in [3.63, 3.8) is 0 Å². The van der Waals surface area contributed by atoms with Gasteiger partial charge in [0.2, 0.25) is 0 Å². The zero-order valence-electron chi connectivity index (χ0n) is 9.91. The molecule has 2 fully saturated rings. The third-order valence-corrected chi connectivity index (χ3v) is 1.86. The van der Waals surface area contributed by atoms with Crippen LogP contribution in [0.5, 0.6) is 0 Å². The molecular weight excluding hydrogens is 192 g/mol. The molecule has 0 saturated carbocycles. The molecule has 4 nitrogen and oxygen atoms in total. The van der Waals surface area contributed by atoms with E-state index in [1.807, 2.05) is 0 Å². The number of hydrogen-bond acceptors (Lipinski definition) is 4. The van der Waals surface area contributed by atoms with Crippen LogP contribution in [0.4, 0.5) is 0 Å². The van der Waals surface area contributed by atoms with Crippen LogP contribution in [0.15, 0.2) is 0 Å². The molecule has 0 aliphatic carbocycles. The molecule has 4 heteroatoms. The molecule has 92 valence electrons. The lowest BCUT2D eigenvalue weighted by Gasteiger charge is -1.94. The Morgan fingerprint density at radius 1 is 1.00 bits per heavy atom. The summed E-state index contributed by atoms with van der Waals surface area (Å²) in [6.45, 7) is 6.69. The lowest BCUT2D eigenvalue weighted by molar-refractivity contribution is 0.423. The van der Waals surface area contributed by atoms with Crippen LogP contribution in [0.2, 0.25) is 0 Å². The summed E-state index contributed by atoms with van der Waals surface area (Å²) < 4.78 is 9.21. The van der Waals surface area contributed by atoms with Gasteiger partial charge in [0.25, 0.3) is 0 Å². The van der Waals surface area contributed by atoms with Gasteiger partial charge in [-0.25, -0.2) is 0 Å². The third kappa shape index (κ3) is 24.8. The number of ether oxygens (including phenoxy) is 2. The van der Waals surface area contributed by atoms with Crippen molar-refractivity contribution in [2.75, 3.05) is 32.9 Å². The van der Waals surface area contributed by atoms with Gasteiger partial charge in [0.05, 0.1) is 25.9 Å². The summed E-state index contributed by atoms with van der Waals surface area (Å²) in [7, 11) is 0. The lowest BCUT2D eigenvalue weighted by Crippen LogP contribution is -2.00. The molecule has 0 aromatic heterocycles. The molecule has 4 N–H and O–H groups in total. The van der Waals surface area contributed by atoms with E-state index in [-0.39, 0.29) is 0 Å². The van der Waals surface area contributed by atoms with E-state index in [1.165, 1.54) is 12.8 Å². The monoisotopic (exact) mass is 218 g/mol. The summed E-state index contributed by atoms with van der Waals surface area (Å²) in [6, 6.07) is 0. The molecule has 2 saturated heterocycles. The predicted molar refractivity (Wildman–Crippen MR) is 62.8 cm³/mol. The molecule has 2 aliphatic rings. The Bertz CT molecular complexity index is 108. The summed E-state index contributed by atoms with van der Waals surface area (Å²) in [5.41, 5.74) is 10.6. The quantitative estimate of drug-likeness (QED) is 0.530. The minimum Gasteiger partial charge on any atom is -0.377 e. The van der Waals surface area contributed by atoms with Gasteiger partial charge in [-0.05, 0) is 32.9 Å². The molecule has 0 aromatic rings. The zero-order valence-corrected chi connectivity index (χ0v) is 9.91. The van der Waals surface area contributed by atoms with Gasteiger partial charge in [-0.15, -0.1) is 0 Å². The van der Waals surface area contributed by atoms with Gasteiger partial charge in [-0.1, -0.05) is 12.8 Å². The maximum atomic E-state index is 5.28. The summed E-state index contributed by atoms with van der Waals surface area (Å²) in [5.74, 6) is 0. The van der Waals surface area contributed by atoms with Crippen molar-refractivity contribution in [2.45, 2.75) is 38.7 Å². The van der Waals surface area contributed by atoms with Crippen molar-refractivity contribution >= 4 is 0 Å². The highest BCUT2D eigenvalue weighted by Crippen LogP contribution is 2.04. The number of hydrogen-bond donors (Lipinski definition) is 2. The molecule has 0 bridgehead atoms. The van der Waals surface area contributed by atoms with Crippen LogP contribution in [0, 0.1) is 0 Å². The molecular formula is C11H26N2O2. The molecule has 2 rings (SSSR count). The van der Waals surface area contributed by atoms with E-state index in [0.717, 1.165) is 45.8 Å². The molecule has 15 heavy (non-hydrogen) atoms. The van der Waals surface area contributed by atoms with E-state index in [9.17, 15) is 0 Å². The van der Waals surface area contributed by atoms with E-state index < -0.39 is 0 Å². The Hall–Kier alpha value is -0.160. The lowest BCUT2D eigenvalue weighted by atomic mass is 10.2. The third-order valence-electron chi connectivity index (χ3n) is 1.86. The highest BCUT2D eigenvalue weighted by molar-refractivity contribution is 4.58. The molecule has 1 unspecified atom stereocenters. The predicted octanol–water partition coefficient (Wildman–Crippen LogP) is 0.886. The smallest absolute Gasteiger partial charge is 0.0781 e. The number of rotatable bonds is 5. The molecule has 2 aliphatic heterocycles. The van der Waals surface area contributed by atoms with Crippen molar-refractivity contribution in [1.29, 1.82) is 0 Å². The highest BCUT2D eigenvalue weighted by Gasteiger charge is 2.13. The Morgan fingerprint density at radius 3 is 1.47 bits per heavy atom. The molecule has 0 amide bonds. The average Bonchev–Trinajstić information content (AvgIpc) is 3.04. The average molecular weight is 218 g/mol.